The van der Waals surface area contributed by atoms with E-state index in [1.54, 1.807) is 0 Å². The third kappa shape index (κ3) is 2.38. The van der Waals surface area contributed by atoms with Crippen molar-refractivity contribution >= 4 is 16.5 Å². The molecular formula is C12H21N3S. The molecule has 0 fully saturated rings. The van der Waals surface area contributed by atoms with Crippen LogP contribution in [0.1, 0.15) is 43.3 Å². The number of hydrogen-bond acceptors (Lipinski definition) is 4. The van der Waals surface area contributed by atoms with E-state index in [0.29, 0.717) is 5.92 Å². The number of anilines is 1. The summed E-state index contributed by atoms with van der Waals surface area (Å²) in [5.41, 5.74) is 7.24. The third-order valence-electron chi connectivity index (χ3n) is 2.95. The molecule has 0 bridgehead atoms. The lowest BCUT2D eigenvalue weighted by Crippen LogP contribution is -2.22. The molecule has 2 N–H and O–H groups in total. The Kier molecular flexibility index (Phi) is 3.50. The van der Waals surface area contributed by atoms with Crippen molar-refractivity contribution in [1.29, 1.82) is 0 Å². The van der Waals surface area contributed by atoms with Gasteiger partial charge in [-0.2, -0.15) is 0 Å². The normalized spacial score (nSPS) is 19.9. The molecule has 1 aromatic heterocycles. The van der Waals surface area contributed by atoms with Gasteiger partial charge in [0, 0.05) is 24.5 Å². The number of aromatic nitrogens is 1. The van der Waals surface area contributed by atoms with E-state index in [1.165, 1.54) is 11.3 Å². The van der Waals surface area contributed by atoms with E-state index >= 15 is 0 Å². The van der Waals surface area contributed by atoms with Crippen molar-refractivity contribution in [1.82, 2.24) is 4.98 Å². The molecule has 1 heterocycles. The summed E-state index contributed by atoms with van der Waals surface area (Å²) in [6.45, 7) is 5.52. The summed E-state index contributed by atoms with van der Waals surface area (Å²) in [4.78, 5) is 8.36. The van der Waals surface area contributed by atoms with Crippen LogP contribution < -0.4 is 10.6 Å². The Bertz CT molecular complexity index is 359. The Hall–Kier alpha value is -0.610. The molecule has 0 saturated carbocycles. The monoisotopic (exact) mass is 239 g/mol. The number of aryl methyl sites for hydroxylation is 1. The lowest BCUT2D eigenvalue weighted by atomic mass is 9.99. The molecule has 0 aliphatic heterocycles. The third-order valence-corrected chi connectivity index (χ3v) is 4.20. The molecular weight excluding hydrogens is 218 g/mol. The average molecular weight is 239 g/mol. The van der Waals surface area contributed by atoms with E-state index in [4.69, 9.17) is 10.7 Å². The Morgan fingerprint density at radius 2 is 2.31 bits per heavy atom. The molecule has 1 aliphatic rings. The van der Waals surface area contributed by atoms with E-state index in [2.05, 4.69) is 25.8 Å². The van der Waals surface area contributed by atoms with Crippen LogP contribution in [0, 0.1) is 5.92 Å². The number of nitrogens with two attached hydrogens (primary N) is 1. The summed E-state index contributed by atoms with van der Waals surface area (Å²) in [6.07, 6.45) is 3.46. The van der Waals surface area contributed by atoms with Gasteiger partial charge in [-0.25, -0.2) is 4.98 Å². The lowest BCUT2D eigenvalue weighted by Gasteiger charge is -2.18. The minimum absolute atomic E-state index is 0.168. The molecule has 1 aromatic rings. The topological polar surface area (TPSA) is 42.2 Å². The number of thiazole rings is 1. The van der Waals surface area contributed by atoms with Crippen molar-refractivity contribution in [2.45, 2.75) is 39.2 Å². The van der Waals surface area contributed by atoms with Crippen LogP contribution in [0.15, 0.2) is 0 Å². The quantitative estimate of drug-likeness (QED) is 0.881. The van der Waals surface area contributed by atoms with Crippen LogP contribution in [0.25, 0.3) is 0 Å². The minimum Gasteiger partial charge on any atom is -0.351 e. The first kappa shape index (κ1) is 11.9. The SMILES string of the molecule is CC(C)CN(C)c1nc2c(s1)CCCC2N. The van der Waals surface area contributed by atoms with Crippen LogP contribution >= 0.6 is 11.3 Å². The van der Waals surface area contributed by atoms with Crippen LogP contribution in [0.4, 0.5) is 5.13 Å². The van der Waals surface area contributed by atoms with Crippen molar-refractivity contribution in [3.05, 3.63) is 10.6 Å². The molecule has 0 aromatic carbocycles. The number of nitrogens with zero attached hydrogens (tertiary/aromatic N) is 2. The van der Waals surface area contributed by atoms with E-state index in [9.17, 15) is 0 Å². The summed E-state index contributed by atoms with van der Waals surface area (Å²) in [5, 5.41) is 1.14. The fourth-order valence-corrected chi connectivity index (χ4v) is 3.37. The van der Waals surface area contributed by atoms with Gasteiger partial charge in [0.15, 0.2) is 5.13 Å². The highest BCUT2D eigenvalue weighted by Crippen LogP contribution is 2.35. The highest BCUT2D eigenvalue weighted by molar-refractivity contribution is 7.15. The summed E-state index contributed by atoms with van der Waals surface area (Å²) in [6, 6.07) is 0.168. The first-order valence-corrected chi connectivity index (χ1v) is 6.86. The van der Waals surface area contributed by atoms with Crippen molar-refractivity contribution in [2.75, 3.05) is 18.5 Å². The van der Waals surface area contributed by atoms with Crippen LogP contribution in [0.2, 0.25) is 0 Å². The number of fused-ring (bicyclic) bond motifs is 1. The molecule has 1 aliphatic carbocycles. The highest BCUT2D eigenvalue weighted by Gasteiger charge is 2.22. The summed E-state index contributed by atoms with van der Waals surface area (Å²) < 4.78 is 0. The van der Waals surface area contributed by atoms with Gasteiger partial charge in [-0.15, -0.1) is 11.3 Å². The smallest absolute Gasteiger partial charge is 0.185 e. The molecule has 0 radical (unpaired) electrons. The second-order valence-corrected chi connectivity index (χ2v) is 6.14. The molecule has 2 rings (SSSR count). The molecule has 0 saturated heterocycles. The predicted molar refractivity (Wildman–Crippen MR) is 70.1 cm³/mol. The van der Waals surface area contributed by atoms with Crippen molar-refractivity contribution in [2.24, 2.45) is 11.7 Å². The fraction of sp³-hybridized carbons (Fsp3) is 0.750. The maximum Gasteiger partial charge on any atom is 0.185 e. The number of hydrogen-bond donors (Lipinski definition) is 1. The van der Waals surface area contributed by atoms with Gasteiger partial charge in [0.25, 0.3) is 0 Å². The molecule has 1 atom stereocenters. The van der Waals surface area contributed by atoms with Crippen LogP contribution in [-0.4, -0.2) is 18.6 Å². The Labute approximate surface area is 102 Å². The summed E-state index contributed by atoms with van der Waals surface area (Å²) in [5.74, 6) is 0.666. The maximum atomic E-state index is 6.09. The summed E-state index contributed by atoms with van der Waals surface area (Å²) >= 11 is 1.82. The van der Waals surface area contributed by atoms with E-state index in [-0.39, 0.29) is 6.04 Å². The Morgan fingerprint density at radius 3 is 2.94 bits per heavy atom. The van der Waals surface area contributed by atoms with Crippen molar-refractivity contribution < 1.29 is 0 Å². The molecule has 0 amide bonds. The second-order valence-electron chi connectivity index (χ2n) is 5.08. The largest absolute Gasteiger partial charge is 0.351 e. The van der Waals surface area contributed by atoms with Crippen molar-refractivity contribution in [3.63, 3.8) is 0 Å². The van der Waals surface area contributed by atoms with E-state index in [1.807, 2.05) is 11.3 Å². The Balaban J connectivity index is 2.17. The van der Waals surface area contributed by atoms with Crippen LogP contribution in [-0.2, 0) is 6.42 Å². The molecule has 16 heavy (non-hydrogen) atoms. The summed E-state index contributed by atoms with van der Waals surface area (Å²) in [7, 11) is 2.12. The van der Waals surface area contributed by atoms with Crippen LogP contribution in [0.3, 0.4) is 0 Å². The van der Waals surface area contributed by atoms with Crippen LogP contribution in [0.5, 0.6) is 0 Å². The van der Waals surface area contributed by atoms with Gasteiger partial charge >= 0.3 is 0 Å². The zero-order valence-electron chi connectivity index (χ0n) is 10.4. The van der Waals surface area contributed by atoms with E-state index in [0.717, 1.165) is 30.2 Å². The lowest BCUT2D eigenvalue weighted by molar-refractivity contribution is 0.562. The van der Waals surface area contributed by atoms with Gasteiger partial charge in [-0.05, 0) is 25.2 Å². The van der Waals surface area contributed by atoms with Gasteiger partial charge < -0.3 is 10.6 Å². The molecule has 90 valence electrons. The molecule has 4 heteroatoms. The zero-order valence-corrected chi connectivity index (χ0v) is 11.2. The zero-order chi connectivity index (χ0) is 11.7. The van der Waals surface area contributed by atoms with Crippen molar-refractivity contribution in [3.8, 4) is 0 Å². The first-order valence-electron chi connectivity index (χ1n) is 6.04. The second kappa shape index (κ2) is 4.72. The van der Waals surface area contributed by atoms with Gasteiger partial charge in [0.2, 0.25) is 0 Å². The minimum atomic E-state index is 0.168. The van der Waals surface area contributed by atoms with Gasteiger partial charge in [0.1, 0.15) is 0 Å². The fourth-order valence-electron chi connectivity index (χ4n) is 2.23. The highest BCUT2D eigenvalue weighted by atomic mass is 32.1. The Morgan fingerprint density at radius 1 is 1.56 bits per heavy atom. The average Bonchev–Trinajstić information content (AvgIpc) is 2.61. The van der Waals surface area contributed by atoms with Gasteiger partial charge in [0.05, 0.1) is 5.69 Å². The van der Waals surface area contributed by atoms with E-state index < -0.39 is 0 Å². The van der Waals surface area contributed by atoms with Gasteiger partial charge in [-0.3, -0.25) is 0 Å². The molecule has 1 unspecified atom stereocenters. The van der Waals surface area contributed by atoms with Gasteiger partial charge in [-0.1, -0.05) is 13.8 Å². The molecule has 0 spiro atoms. The number of rotatable bonds is 3. The molecule has 3 nitrogen and oxygen atoms in total. The maximum absolute atomic E-state index is 6.09. The first-order chi connectivity index (χ1) is 7.58. The standard InChI is InChI=1S/C12H21N3S/c1-8(2)7-15(3)12-14-11-9(13)5-4-6-10(11)16-12/h8-9H,4-7,13H2,1-3H3. The predicted octanol–water partition coefficient (Wildman–Crippen LogP) is 2.57.